The number of hydrogen-bond donors (Lipinski definition) is 1. The third kappa shape index (κ3) is 5.41. The molecule has 3 amide bonds. The zero-order valence-electron chi connectivity index (χ0n) is 20.3. The molecule has 0 unspecified atom stereocenters. The molecule has 1 N–H and O–H groups in total. The average Bonchev–Trinajstić information content (AvgIpc) is 3.20. The highest BCUT2D eigenvalue weighted by Crippen LogP contribution is 2.33. The number of anilines is 3. The van der Waals surface area contributed by atoms with Crippen molar-refractivity contribution >= 4 is 45.7 Å². The number of amides is 3. The molecule has 8 heteroatoms. The molecule has 2 heterocycles. The number of unbranched alkanes of at least 4 members (excludes halogenated alkanes) is 2. The number of carbonyl (C=O) groups is 3. The molecule has 0 saturated carbocycles. The quantitative estimate of drug-likeness (QED) is 0.353. The molecule has 182 valence electrons. The minimum Gasteiger partial charge on any atom is -0.344 e. The van der Waals surface area contributed by atoms with Crippen LogP contribution in [0.25, 0.3) is 10.9 Å². The maximum Gasteiger partial charge on any atom is 0.253 e. The van der Waals surface area contributed by atoms with Gasteiger partial charge in [0.25, 0.3) is 11.8 Å². The molecule has 1 aliphatic rings. The summed E-state index contributed by atoms with van der Waals surface area (Å²) in [5, 5.41) is 13.4. The number of rotatable bonds is 9. The van der Waals surface area contributed by atoms with E-state index < -0.39 is 0 Å². The molecular weight excluding hydrogens is 454 g/mol. The zero-order chi connectivity index (χ0) is 25.7. The van der Waals surface area contributed by atoms with Crippen LogP contribution in [0.2, 0.25) is 0 Å². The van der Waals surface area contributed by atoms with Crippen LogP contribution in [-0.2, 0) is 14.4 Å². The number of hydrogen-bond acceptors (Lipinski definition) is 6. The predicted octanol–water partition coefficient (Wildman–Crippen LogP) is 4.61. The highest BCUT2D eigenvalue weighted by molar-refractivity contribution is 6.12. The van der Waals surface area contributed by atoms with E-state index in [0.29, 0.717) is 31.5 Å². The lowest BCUT2D eigenvalue weighted by molar-refractivity contribution is -0.136. The lowest BCUT2D eigenvalue weighted by Gasteiger charge is -2.23. The van der Waals surface area contributed by atoms with Gasteiger partial charge in [0.15, 0.2) is 0 Å². The summed E-state index contributed by atoms with van der Waals surface area (Å²) in [5.74, 6) is -0.641. The topological polar surface area (TPSA) is 106 Å². The van der Waals surface area contributed by atoms with Crippen molar-refractivity contribution in [1.82, 2.24) is 9.88 Å². The van der Waals surface area contributed by atoms with Crippen LogP contribution in [0.4, 0.5) is 17.1 Å². The third-order valence-electron chi connectivity index (χ3n) is 6.24. The van der Waals surface area contributed by atoms with Crippen molar-refractivity contribution < 1.29 is 14.4 Å². The van der Waals surface area contributed by atoms with E-state index in [4.69, 9.17) is 0 Å². The van der Waals surface area contributed by atoms with Crippen LogP contribution in [-0.4, -0.2) is 41.2 Å². The molecule has 3 aromatic rings. The standard InChI is InChI=1S/C28H27N5O3/c1-19-11-12-21(32(2)25-16-20(18-29)30-23-9-6-5-8-22(23)25)17-24(19)31-26(34)10-4-3-7-15-33-27(35)13-14-28(33)36/h5-6,8-9,11-14,16-17H,3-4,7,10,15H2,1-2H3,(H,31,34). The van der Waals surface area contributed by atoms with Crippen molar-refractivity contribution in [1.29, 1.82) is 5.26 Å². The maximum absolute atomic E-state index is 12.6. The molecule has 0 atom stereocenters. The fourth-order valence-corrected chi connectivity index (χ4v) is 4.18. The Morgan fingerprint density at radius 1 is 1.06 bits per heavy atom. The smallest absolute Gasteiger partial charge is 0.253 e. The lowest BCUT2D eigenvalue weighted by atomic mass is 10.1. The van der Waals surface area contributed by atoms with Gasteiger partial charge in [0.05, 0.1) is 11.2 Å². The summed E-state index contributed by atoms with van der Waals surface area (Å²) < 4.78 is 0. The molecule has 0 bridgehead atoms. The summed E-state index contributed by atoms with van der Waals surface area (Å²) in [6, 6.07) is 17.4. The number of nitriles is 1. The Morgan fingerprint density at radius 3 is 2.56 bits per heavy atom. The van der Waals surface area contributed by atoms with Gasteiger partial charge < -0.3 is 10.2 Å². The summed E-state index contributed by atoms with van der Waals surface area (Å²) in [6.45, 7) is 2.31. The first-order valence-corrected chi connectivity index (χ1v) is 11.8. The van der Waals surface area contributed by atoms with Gasteiger partial charge in [0, 0.05) is 48.9 Å². The molecule has 0 radical (unpaired) electrons. The number of carbonyl (C=O) groups excluding carboxylic acids is 3. The maximum atomic E-state index is 12.6. The van der Waals surface area contributed by atoms with Crippen molar-refractivity contribution in [3.63, 3.8) is 0 Å². The molecule has 4 rings (SSSR count). The second kappa shape index (κ2) is 10.8. The van der Waals surface area contributed by atoms with Gasteiger partial charge in [0.2, 0.25) is 5.91 Å². The van der Waals surface area contributed by atoms with Crippen LogP contribution in [0.15, 0.2) is 60.7 Å². The first-order chi connectivity index (χ1) is 17.4. The highest BCUT2D eigenvalue weighted by atomic mass is 16.2. The first kappa shape index (κ1) is 24.6. The second-order valence-corrected chi connectivity index (χ2v) is 8.73. The van der Waals surface area contributed by atoms with Crippen LogP contribution < -0.4 is 10.2 Å². The van der Waals surface area contributed by atoms with Crippen LogP contribution in [0.5, 0.6) is 0 Å². The second-order valence-electron chi connectivity index (χ2n) is 8.73. The number of nitrogens with zero attached hydrogens (tertiary/aromatic N) is 4. The normalized spacial score (nSPS) is 12.8. The van der Waals surface area contributed by atoms with Crippen molar-refractivity contribution in [2.24, 2.45) is 0 Å². The molecule has 1 aliphatic heterocycles. The molecule has 0 saturated heterocycles. The predicted molar refractivity (Wildman–Crippen MR) is 139 cm³/mol. The number of aromatic nitrogens is 1. The van der Waals surface area contributed by atoms with E-state index in [1.54, 1.807) is 6.07 Å². The summed E-state index contributed by atoms with van der Waals surface area (Å²) in [7, 11) is 1.92. The van der Waals surface area contributed by atoms with Gasteiger partial charge in [-0.25, -0.2) is 4.98 Å². The van der Waals surface area contributed by atoms with Gasteiger partial charge in [0.1, 0.15) is 11.8 Å². The van der Waals surface area contributed by atoms with Crippen molar-refractivity contribution in [2.75, 3.05) is 23.8 Å². The Hall–Kier alpha value is -4.51. The molecule has 1 aromatic heterocycles. The number of nitrogens with one attached hydrogen (secondary N) is 1. The van der Waals surface area contributed by atoms with Crippen LogP contribution in [0.1, 0.15) is 36.9 Å². The van der Waals surface area contributed by atoms with Crippen molar-refractivity contribution in [2.45, 2.75) is 32.6 Å². The Kier molecular flexibility index (Phi) is 7.40. The largest absolute Gasteiger partial charge is 0.344 e. The summed E-state index contributed by atoms with van der Waals surface area (Å²) >= 11 is 0. The van der Waals surface area contributed by atoms with E-state index in [2.05, 4.69) is 16.4 Å². The fraction of sp³-hybridized carbons (Fsp3) is 0.250. The summed E-state index contributed by atoms with van der Waals surface area (Å²) in [4.78, 5) is 43.4. The third-order valence-corrected chi connectivity index (χ3v) is 6.24. The van der Waals surface area contributed by atoms with Crippen LogP contribution in [0.3, 0.4) is 0 Å². The van der Waals surface area contributed by atoms with Crippen LogP contribution in [0, 0.1) is 18.3 Å². The van der Waals surface area contributed by atoms with Gasteiger partial charge >= 0.3 is 0 Å². The number of fused-ring (bicyclic) bond motifs is 1. The van der Waals surface area contributed by atoms with Crippen molar-refractivity contribution in [3.8, 4) is 6.07 Å². The zero-order valence-corrected chi connectivity index (χ0v) is 20.3. The van der Waals surface area contributed by atoms with Crippen molar-refractivity contribution in [3.05, 3.63) is 71.9 Å². The van der Waals surface area contributed by atoms with Gasteiger partial charge in [-0.05, 0) is 49.6 Å². The van der Waals surface area contributed by atoms with Gasteiger partial charge in [-0.1, -0.05) is 30.7 Å². The Morgan fingerprint density at radius 2 is 1.81 bits per heavy atom. The summed E-state index contributed by atoms with van der Waals surface area (Å²) in [6.07, 6.45) is 4.97. The number of benzene rings is 2. The molecule has 0 fully saturated rings. The van der Waals surface area contributed by atoms with E-state index in [-0.39, 0.29) is 17.7 Å². The number of aryl methyl sites for hydroxylation is 1. The van der Waals surface area contributed by atoms with E-state index in [9.17, 15) is 19.6 Å². The molecule has 36 heavy (non-hydrogen) atoms. The van der Waals surface area contributed by atoms with E-state index >= 15 is 0 Å². The first-order valence-electron chi connectivity index (χ1n) is 11.8. The molecule has 0 aliphatic carbocycles. The Labute approximate surface area is 209 Å². The van der Waals surface area contributed by atoms with Gasteiger partial charge in [-0.2, -0.15) is 5.26 Å². The van der Waals surface area contributed by atoms with Crippen LogP contribution >= 0.6 is 0 Å². The van der Waals surface area contributed by atoms with E-state index in [1.165, 1.54) is 17.1 Å². The number of pyridine rings is 1. The average molecular weight is 482 g/mol. The number of imide groups is 1. The molecular formula is C28H27N5O3. The minimum absolute atomic E-state index is 0.0889. The molecule has 0 spiro atoms. The van der Waals surface area contributed by atoms with E-state index in [1.807, 2.05) is 61.3 Å². The molecule has 8 nitrogen and oxygen atoms in total. The minimum atomic E-state index is -0.276. The fourth-order valence-electron chi connectivity index (χ4n) is 4.18. The van der Waals surface area contributed by atoms with Gasteiger partial charge in [-0.3, -0.25) is 19.3 Å². The Bertz CT molecular complexity index is 1390. The monoisotopic (exact) mass is 481 g/mol. The van der Waals surface area contributed by atoms with E-state index in [0.717, 1.165) is 39.9 Å². The number of para-hydroxylation sites is 1. The summed E-state index contributed by atoms with van der Waals surface area (Å²) in [5.41, 5.74) is 4.46. The Balaban J connectivity index is 1.39. The lowest BCUT2D eigenvalue weighted by Crippen LogP contribution is -2.30. The van der Waals surface area contributed by atoms with Gasteiger partial charge in [-0.15, -0.1) is 0 Å². The highest BCUT2D eigenvalue weighted by Gasteiger charge is 2.22. The molecule has 2 aromatic carbocycles. The SMILES string of the molecule is Cc1ccc(N(C)c2cc(C#N)nc3ccccc23)cc1NC(=O)CCCCCN1C(=O)C=CC1=O.